The van der Waals surface area contributed by atoms with Crippen LogP contribution in [-0.4, -0.2) is 22.6 Å². The highest BCUT2D eigenvalue weighted by molar-refractivity contribution is 5.69. The van der Waals surface area contributed by atoms with Gasteiger partial charge in [0.1, 0.15) is 0 Å². The van der Waals surface area contributed by atoms with E-state index < -0.39 is 0 Å². The zero-order valence-electron chi connectivity index (χ0n) is 17.7. The van der Waals surface area contributed by atoms with Crippen molar-refractivity contribution in [1.29, 1.82) is 0 Å². The lowest BCUT2D eigenvalue weighted by Crippen LogP contribution is -2.36. The Morgan fingerprint density at radius 2 is 1.46 bits per heavy atom. The van der Waals surface area contributed by atoms with Crippen LogP contribution in [0.25, 0.3) is 11.3 Å². The van der Waals surface area contributed by atoms with Crippen molar-refractivity contribution in [3.63, 3.8) is 0 Å². The SMILES string of the molecule is CC.CC.c1ccc(N2CCC(C3c4ccccc4-c4cncn43)CC2)cc1. The quantitative estimate of drug-likeness (QED) is 0.515. The van der Waals surface area contributed by atoms with Gasteiger partial charge in [0, 0.05) is 24.3 Å². The molecule has 1 fully saturated rings. The summed E-state index contributed by atoms with van der Waals surface area (Å²) in [5, 5.41) is 0. The maximum atomic E-state index is 4.40. The van der Waals surface area contributed by atoms with Crippen LogP contribution < -0.4 is 4.90 Å². The summed E-state index contributed by atoms with van der Waals surface area (Å²) in [7, 11) is 0. The Balaban J connectivity index is 0.000000531. The van der Waals surface area contributed by atoms with Crippen molar-refractivity contribution in [2.24, 2.45) is 5.92 Å². The molecule has 3 nitrogen and oxygen atoms in total. The van der Waals surface area contributed by atoms with E-state index in [4.69, 9.17) is 0 Å². The Bertz CT molecular complexity index is 845. The number of aromatic nitrogens is 2. The van der Waals surface area contributed by atoms with E-state index in [1.54, 1.807) is 0 Å². The molecule has 3 heteroatoms. The van der Waals surface area contributed by atoms with Crippen LogP contribution in [0.2, 0.25) is 0 Å². The van der Waals surface area contributed by atoms with Gasteiger partial charge in [-0.3, -0.25) is 0 Å². The van der Waals surface area contributed by atoms with Crippen LogP contribution in [0.1, 0.15) is 52.1 Å². The Labute approximate surface area is 170 Å². The van der Waals surface area contributed by atoms with E-state index in [-0.39, 0.29) is 0 Å². The molecule has 3 heterocycles. The van der Waals surface area contributed by atoms with Crippen LogP contribution >= 0.6 is 0 Å². The second-order valence-electron chi connectivity index (χ2n) is 6.88. The molecule has 2 aliphatic heterocycles. The predicted octanol–water partition coefficient (Wildman–Crippen LogP) is 6.42. The number of para-hydroxylation sites is 1. The maximum absolute atomic E-state index is 4.40. The van der Waals surface area contributed by atoms with Gasteiger partial charge in [-0.15, -0.1) is 0 Å². The molecule has 0 bridgehead atoms. The number of hydrogen-bond acceptors (Lipinski definition) is 2. The Morgan fingerprint density at radius 1 is 0.821 bits per heavy atom. The first-order valence-electron chi connectivity index (χ1n) is 10.8. The summed E-state index contributed by atoms with van der Waals surface area (Å²) in [5.41, 5.74) is 5.48. The number of nitrogens with zero attached hydrogens (tertiary/aromatic N) is 3. The van der Waals surface area contributed by atoms with Crippen molar-refractivity contribution in [2.75, 3.05) is 18.0 Å². The van der Waals surface area contributed by atoms with E-state index in [2.05, 4.69) is 69.0 Å². The third kappa shape index (κ3) is 3.71. The highest BCUT2D eigenvalue weighted by Crippen LogP contribution is 2.45. The van der Waals surface area contributed by atoms with Crippen molar-refractivity contribution >= 4 is 5.69 Å². The van der Waals surface area contributed by atoms with E-state index >= 15 is 0 Å². The number of rotatable bonds is 2. The average molecular weight is 376 g/mol. The Morgan fingerprint density at radius 3 is 2.18 bits per heavy atom. The van der Waals surface area contributed by atoms with Gasteiger partial charge in [0.15, 0.2) is 0 Å². The molecule has 1 atom stereocenters. The minimum absolute atomic E-state index is 0.455. The zero-order valence-corrected chi connectivity index (χ0v) is 17.7. The first-order chi connectivity index (χ1) is 13.9. The molecule has 2 aliphatic rings. The molecule has 2 aromatic carbocycles. The second kappa shape index (κ2) is 9.59. The van der Waals surface area contributed by atoms with E-state index in [0.717, 1.165) is 13.1 Å². The molecule has 28 heavy (non-hydrogen) atoms. The third-order valence-electron chi connectivity index (χ3n) is 5.63. The summed E-state index contributed by atoms with van der Waals surface area (Å²) in [6, 6.07) is 20.1. The van der Waals surface area contributed by atoms with Crippen LogP contribution in [0.15, 0.2) is 67.1 Å². The molecule has 1 saturated heterocycles. The van der Waals surface area contributed by atoms with E-state index in [1.807, 2.05) is 40.2 Å². The van der Waals surface area contributed by atoms with Crippen LogP contribution in [0, 0.1) is 5.92 Å². The van der Waals surface area contributed by atoms with Crippen molar-refractivity contribution < 1.29 is 0 Å². The van der Waals surface area contributed by atoms with Crippen molar-refractivity contribution in [1.82, 2.24) is 9.55 Å². The van der Waals surface area contributed by atoms with Gasteiger partial charge in [0.05, 0.1) is 24.3 Å². The van der Waals surface area contributed by atoms with Crippen LogP contribution in [-0.2, 0) is 0 Å². The number of benzene rings is 2. The van der Waals surface area contributed by atoms with Gasteiger partial charge in [-0.25, -0.2) is 4.98 Å². The molecule has 148 valence electrons. The smallest absolute Gasteiger partial charge is 0.0956 e. The normalized spacial score (nSPS) is 17.6. The lowest BCUT2D eigenvalue weighted by atomic mass is 9.85. The van der Waals surface area contributed by atoms with Crippen LogP contribution in [0.3, 0.4) is 0 Å². The number of hydrogen-bond donors (Lipinski definition) is 0. The summed E-state index contributed by atoms with van der Waals surface area (Å²) in [6.45, 7) is 10.3. The summed E-state index contributed by atoms with van der Waals surface area (Å²) < 4.78 is 2.40. The molecule has 0 aliphatic carbocycles. The van der Waals surface area contributed by atoms with Gasteiger partial charge in [0.25, 0.3) is 0 Å². The van der Waals surface area contributed by atoms with Gasteiger partial charge in [0.2, 0.25) is 0 Å². The first kappa shape index (κ1) is 20.2. The molecule has 1 unspecified atom stereocenters. The second-order valence-corrected chi connectivity index (χ2v) is 6.88. The van der Waals surface area contributed by atoms with Gasteiger partial charge in [-0.1, -0.05) is 70.2 Å². The van der Waals surface area contributed by atoms with Gasteiger partial charge >= 0.3 is 0 Å². The number of imidazole rings is 1. The lowest BCUT2D eigenvalue weighted by molar-refractivity contribution is 0.317. The molecule has 0 spiro atoms. The van der Waals surface area contributed by atoms with E-state index in [0.29, 0.717) is 12.0 Å². The van der Waals surface area contributed by atoms with E-state index in [1.165, 1.54) is 35.3 Å². The van der Waals surface area contributed by atoms with Crippen molar-refractivity contribution in [3.05, 3.63) is 72.7 Å². The molecule has 3 aromatic rings. The molecule has 1 aromatic heterocycles. The van der Waals surface area contributed by atoms with E-state index in [9.17, 15) is 0 Å². The van der Waals surface area contributed by atoms with Crippen molar-refractivity contribution in [2.45, 2.75) is 46.6 Å². The molecular weight excluding hydrogens is 342 g/mol. The lowest BCUT2D eigenvalue weighted by Gasteiger charge is -2.37. The number of piperidine rings is 1. The highest BCUT2D eigenvalue weighted by Gasteiger charge is 2.35. The summed E-state index contributed by atoms with van der Waals surface area (Å²) in [6.07, 6.45) is 6.48. The third-order valence-corrected chi connectivity index (χ3v) is 5.63. The molecule has 0 radical (unpaired) electrons. The summed E-state index contributed by atoms with van der Waals surface area (Å²) >= 11 is 0. The molecule has 0 saturated carbocycles. The standard InChI is InChI=1S/C21H21N3.2C2H6/c1-2-6-17(7-3-1)23-12-10-16(11-13-23)21-19-9-5-4-8-18(19)20-14-22-15-24(20)21;2*1-2/h1-9,14-16,21H,10-13H2;2*1-2H3. The number of anilines is 1. The molecule has 0 amide bonds. The zero-order chi connectivity index (χ0) is 19.9. The first-order valence-corrected chi connectivity index (χ1v) is 10.8. The molecule has 5 rings (SSSR count). The highest BCUT2D eigenvalue weighted by atomic mass is 15.1. The predicted molar refractivity (Wildman–Crippen MR) is 120 cm³/mol. The van der Waals surface area contributed by atoms with Gasteiger partial charge < -0.3 is 9.47 Å². The summed E-state index contributed by atoms with van der Waals surface area (Å²) in [5.74, 6) is 0.682. The van der Waals surface area contributed by atoms with Crippen molar-refractivity contribution in [3.8, 4) is 11.3 Å². The topological polar surface area (TPSA) is 21.1 Å². The average Bonchev–Trinajstić information content (AvgIpc) is 3.38. The fraction of sp³-hybridized carbons (Fsp3) is 0.400. The molecular formula is C25H33N3. The Hall–Kier alpha value is -2.55. The van der Waals surface area contributed by atoms with Crippen LogP contribution in [0.4, 0.5) is 5.69 Å². The fourth-order valence-electron chi connectivity index (χ4n) is 4.47. The monoisotopic (exact) mass is 375 g/mol. The minimum atomic E-state index is 0.455. The largest absolute Gasteiger partial charge is 0.372 e. The van der Waals surface area contributed by atoms with Gasteiger partial charge in [-0.2, -0.15) is 0 Å². The molecule has 0 N–H and O–H groups in total. The minimum Gasteiger partial charge on any atom is -0.372 e. The fourth-order valence-corrected chi connectivity index (χ4v) is 4.47. The maximum Gasteiger partial charge on any atom is 0.0956 e. The number of fused-ring (bicyclic) bond motifs is 3. The summed E-state index contributed by atoms with van der Waals surface area (Å²) in [4.78, 5) is 6.92. The Kier molecular flexibility index (Phi) is 6.91. The van der Waals surface area contributed by atoms with Crippen LogP contribution in [0.5, 0.6) is 0 Å². The van der Waals surface area contributed by atoms with Gasteiger partial charge in [-0.05, 0) is 36.5 Å².